The van der Waals surface area contributed by atoms with Crippen LogP contribution in [0.4, 0.5) is 0 Å². The molecule has 0 aliphatic carbocycles. The van der Waals surface area contributed by atoms with E-state index in [1.165, 1.54) is 0 Å². The van der Waals surface area contributed by atoms with Gasteiger partial charge in [-0.25, -0.2) is 4.98 Å². The van der Waals surface area contributed by atoms with E-state index in [1.807, 2.05) is 47.0 Å². The Hall–Kier alpha value is -2.20. The van der Waals surface area contributed by atoms with Gasteiger partial charge >= 0.3 is 0 Å². The quantitative estimate of drug-likeness (QED) is 0.688. The molecular weight excluding hydrogens is 288 g/mol. The van der Waals surface area contributed by atoms with Crippen LogP contribution in [0.25, 0.3) is 16.7 Å². The van der Waals surface area contributed by atoms with Crippen LogP contribution in [0.2, 0.25) is 0 Å². The number of fused-ring (bicyclic) bond motifs is 1. The van der Waals surface area contributed by atoms with Crippen LogP contribution >= 0.6 is 11.6 Å². The summed E-state index contributed by atoms with van der Waals surface area (Å²) in [5.74, 6) is 2.55. The molecule has 0 radical (unpaired) electrons. The molecule has 0 N–H and O–H groups in total. The van der Waals surface area contributed by atoms with Crippen LogP contribution in [0, 0.1) is 0 Å². The highest BCUT2D eigenvalue weighted by Gasteiger charge is 2.17. The lowest BCUT2D eigenvalue weighted by Crippen LogP contribution is -2.01. The molecule has 3 aromatic rings. The molecule has 0 fully saturated rings. The molecule has 0 saturated heterocycles. The number of hydrogen-bond acceptors (Lipinski definition) is 3. The first-order valence-corrected chi connectivity index (χ1v) is 7.07. The maximum absolute atomic E-state index is 6.08. The molecule has 0 aliphatic heterocycles. The molecule has 1 aromatic heterocycles. The minimum Gasteiger partial charge on any atom is -0.495 e. The summed E-state index contributed by atoms with van der Waals surface area (Å²) in [7, 11) is 3.29. The van der Waals surface area contributed by atoms with Crippen LogP contribution in [0.5, 0.6) is 11.5 Å². The predicted octanol–water partition coefficient (Wildman–Crippen LogP) is 3.78. The van der Waals surface area contributed by atoms with Crippen molar-refractivity contribution in [2.45, 2.75) is 5.88 Å². The normalized spacial score (nSPS) is 10.8. The lowest BCUT2D eigenvalue weighted by Gasteiger charge is -2.12. The second kappa shape index (κ2) is 5.66. The van der Waals surface area contributed by atoms with Crippen molar-refractivity contribution in [2.24, 2.45) is 0 Å². The van der Waals surface area contributed by atoms with E-state index in [0.29, 0.717) is 5.88 Å². The average Bonchev–Trinajstić information content (AvgIpc) is 2.93. The fraction of sp³-hybridized carbons (Fsp3) is 0.188. The summed E-state index contributed by atoms with van der Waals surface area (Å²) < 4.78 is 12.8. The van der Waals surface area contributed by atoms with E-state index in [-0.39, 0.29) is 0 Å². The number of rotatable bonds is 4. The van der Waals surface area contributed by atoms with Crippen LogP contribution in [0.1, 0.15) is 5.82 Å². The van der Waals surface area contributed by atoms with E-state index in [1.54, 1.807) is 14.2 Å². The Morgan fingerprint density at radius 3 is 2.43 bits per heavy atom. The van der Waals surface area contributed by atoms with E-state index in [0.717, 1.165) is 34.0 Å². The van der Waals surface area contributed by atoms with Gasteiger partial charge in [-0.1, -0.05) is 18.2 Å². The molecule has 3 rings (SSSR count). The van der Waals surface area contributed by atoms with Crippen molar-refractivity contribution in [1.29, 1.82) is 0 Å². The molecule has 1 heterocycles. The summed E-state index contributed by atoms with van der Waals surface area (Å²) in [4.78, 5) is 4.60. The van der Waals surface area contributed by atoms with Gasteiger partial charge in [0, 0.05) is 0 Å². The summed E-state index contributed by atoms with van der Waals surface area (Å²) in [5.41, 5.74) is 2.64. The van der Waals surface area contributed by atoms with Crippen molar-refractivity contribution < 1.29 is 9.47 Å². The van der Waals surface area contributed by atoms with Gasteiger partial charge in [-0.05, 0) is 24.3 Å². The number of alkyl halides is 1. The summed E-state index contributed by atoms with van der Waals surface area (Å²) >= 11 is 6.08. The van der Waals surface area contributed by atoms with E-state index < -0.39 is 0 Å². The van der Waals surface area contributed by atoms with E-state index in [4.69, 9.17) is 21.1 Å². The van der Waals surface area contributed by atoms with Crippen molar-refractivity contribution in [3.8, 4) is 17.2 Å². The lowest BCUT2D eigenvalue weighted by molar-refractivity contribution is 0.413. The van der Waals surface area contributed by atoms with Crippen molar-refractivity contribution in [3.63, 3.8) is 0 Å². The minimum absolute atomic E-state index is 0.301. The SMILES string of the molecule is COc1ccccc1-n1c(CCl)nc2c(OC)cccc21. The number of benzene rings is 2. The number of imidazole rings is 1. The first-order chi connectivity index (χ1) is 10.3. The molecule has 21 heavy (non-hydrogen) atoms. The van der Waals surface area contributed by atoms with E-state index in [9.17, 15) is 0 Å². The fourth-order valence-electron chi connectivity index (χ4n) is 2.46. The van der Waals surface area contributed by atoms with Crippen LogP contribution < -0.4 is 9.47 Å². The van der Waals surface area contributed by atoms with E-state index in [2.05, 4.69) is 4.98 Å². The van der Waals surface area contributed by atoms with Gasteiger partial charge in [-0.3, -0.25) is 4.57 Å². The van der Waals surface area contributed by atoms with Gasteiger partial charge in [0.05, 0.1) is 31.3 Å². The highest BCUT2D eigenvalue weighted by molar-refractivity contribution is 6.17. The zero-order valence-corrected chi connectivity index (χ0v) is 12.6. The second-order valence-corrected chi connectivity index (χ2v) is 4.76. The highest BCUT2D eigenvalue weighted by atomic mass is 35.5. The smallest absolute Gasteiger partial charge is 0.146 e. The van der Waals surface area contributed by atoms with Gasteiger partial charge in [0.1, 0.15) is 22.8 Å². The van der Waals surface area contributed by atoms with Crippen molar-refractivity contribution in [2.75, 3.05) is 14.2 Å². The molecule has 0 bridgehead atoms. The molecule has 0 aliphatic rings. The van der Waals surface area contributed by atoms with Crippen LogP contribution in [-0.4, -0.2) is 23.8 Å². The standard InChI is InChI=1S/C16H15ClN2O2/c1-20-13-8-4-3-6-11(13)19-12-7-5-9-14(21-2)16(12)18-15(19)10-17/h3-9H,10H2,1-2H3. The minimum atomic E-state index is 0.301. The Morgan fingerprint density at radius 2 is 1.71 bits per heavy atom. The maximum Gasteiger partial charge on any atom is 0.146 e. The predicted molar refractivity (Wildman–Crippen MR) is 83.7 cm³/mol. The molecule has 0 spiro atoms. The summed E-state index contributed by atoms with van der Waals surface area (Å²) in [6.07, 6.45) is 0. The van der Waals surface area contributed by atoms with Crippen molar-refractivity contribution in [3.05, 3.63) is 48.3 Å². The Bertz CT molecular complexity index is 783. The van der Waals surface area contributed by atoms with Crippen molar-refractivity contribution >= 4 is 22.6 Å². The van der Waals surface area contributed by atoms with E-state index >= 15 is 0 Å². The summed E-state index contributed by atoms with van der Waals surface area (Å²) in [6.45, 7) is 0. The first kappa shape index (κ1) is 13.8. The zero-order valence-electron chi connectivity index (χ0n) is 11.8. The first-order valence-electron chi connectivity index (χ1n) is 6.53. The number of aromatic nitrogens is 2. The van der Waals surface area contributed by atoms with Gasteiger partial charge in [-0.15, -0.1) is 11.6 Å². The maximum atomic E-state index is 6.08. The molecule has 0 saturated carbocycles. The number of nitrogens with zero attached hydrogens (tertiary/aromatic N) is 2. The third kappa shape index (κ3) is 2.21. The fourth-order valence-corrected chi connectivity index (χ4v) is 2.64. The molecule has 2 aromatic carbocycles. The monoisotopic (exact) mass is 302 g/mol. The third-order valence-corrected chi connectivity index (χ3v) is 3.62. The second-order valence-electron chi connectivity index (χ2n) is 4.50. The average molecular weight is 303 g/mol. The largest absolute Gasteiger partial charge is 0.495 e. The number of halogens is 1. The topological polar surface area (TPSA) is 36.3 Å². The highest BCUT2D eigenvalue weighted by Crippen LogP contribution is 2.32. The van der Waals surface area contributed by atoms with Crippen LogP contribution in [0.15, 0.2) is 42.5 Å². The molecule has 0 amide bonds. The Balaban J connectivity index is 2.36. The summed E-state index contributed by atoms with van der Waals surface area (Å²) in [6, 6.07) is 13.6. The van der Waals surface area contributed by atoms with Crippen molar-refractivity contribution in [1.82, 2.24) is 9.55 Å². The Labute approximate surface area is 127 Å². The van der Waals surface area contributed by atoms with Gasteiger partial charge in [0.25, 0.3) is 0 Å². The number of ether oxygens (including phenoxy) is 2. The number of hydrogen-bond donors (Lipinski definition) is 0. The molecule has 5 heteroatoms. The van der Waals surface area contributed by atoms with Gasteiger partial charge in [0.15, 0.2) is 0 Å². The summed E-state index contributed by atoms with van der Waals surface area (Å²) in [5, 5.41) is 0. The van der Waals surface area contributed by atoms with Gasteiger partial charge < -0.3 is 9.47 Å². The molecular formula is C16H15ClN2O2. The Morgan fingerprint density at radius 1 is 1.00 bits per heavy atom. The van der Waals surface area contributed by atoms with Gasteiger partial charge in [-0.2, -0.15) is 0 Å². The molecule has 0 atom stereocenters. The number of methoxy groups -OCH3 is 2. The zero-order chi connectivity index (χ0) is 14.8. The molecule has 4 nitrogen and oxygen atoms in total. The molecule has 108 valence electrons. The van der Waals surface area contributed by atoms with Crippen LogP contribution in [0.3, 0.4) is 0 Å². The van der Waals surface area contributed by atoms with Crippen LogP contribution in [-0.2, 0) is 5.88 Å². The number of para-hydroxylation sites is 3. The molecule has 0 unspecified atom stereocenters. The lowest BCUT2D eigenvalue weighted by atomic mass is 10.2. The van der Waals surface area contributed by atoms with Gasteiger partial charge in [0.2, 0.25) is 0 Å². The Kier molecular flexibility index (Phi) is 3.71. The third-order valence-electron chi connectivity index (χ3n) is 3.38.